The van der Waals surface area contributed by atoms with Crippen molar-refractivity contribution < 1.29 is 14.6 Å². The number of phenolic OH excluding ortho intramolecular Hbond substituents is 1. The van der Waals surface area contributed by atoms with Crippen LogP contribution in [0, 0.1) is 10.5 Å². The average molecular weight is 292 g/mol. The van der Waals surface area contributed by atoms with Gasteiger partial charge in [0.2, 0.25) is 0 Å². The lowest BCUT2D eigenvalue weighted by Gasteiger charge is -2.04. The third kappa shape index (κ3) is 2.12. The van der Waals surface area contributed by atoms with Crippen LogP contribution in [0.25, 0.3) is 0 Å². The number of esters is 1. The summed E-state index contributed by atoms with van der Waals surface area (Å²) >= 11 is 1.97. The highest BCUT2D eigenvalue weighted by Gasteiger charge is 2.10. The molecule has 0 aromatic heterocycles. The highest BCUT2D eigenvalue weighted by molar-refractivity contribution is 14.1. The Bertz CT molecular complexity index is 324. The summed E-state index contributed by atoms with van der Waals surface area (Å²) < 4.78 is 5.21. The Morgan fingerprint density at radius 3 is 2.62 bits per heavy atom. The summed E-state index contributed by atoms with van der Waals surface area (Å²) in [5, 5.41) is 9.43. The largest absolute Gasteiger partial charge is 0.507 e. The van der Waals surface area contributed by atoms with E-state index < -0.39 is 0 Å². The van der Waals surface area contributed by atoms with Gasteiger partial charge in [-0.3, -0.25) is 0 Å². The molecule has 70 valence electrons. The number of benzene rings is 1. The van der Waals surface area contributed by atoms with E-state index in [1.807, 2.05) is 22.6 Å². The molecule has 0 amide bonds. The number of aromatic hydroxyl groups is 1. The second kappa shape index (κ2) is 3.95. The van der Waals surface area contributed by atoms with Crippen LogP contribution in [0.3, 0.4) is 0 Å². The van der Waals surface area contributed by atoms with Gasteiger partial charge >= 0.3 is 5.97 Å². The fraction of sp³-hybridized carbons (Fsp3) is 0.222. The zero-order valence-corrected chi connectivity index (χ0v) is 9.45. The lowest BCUT2D eigenvalue weighted by atomic mass is 10.1. The van der Waals surface area contributed by atoms with E-state index in [0.29, 0.717) is 14.7 Å². The van der Waals surface area contributed by atoms with Crippen LogP contribution in [0.4, 0.5) is 0 Å². The molecule has 0 aliphatic rings. The minimum absolute atomic E-state index is 0.216. The summed E-state index contributed by atoms with van der Waals surface area (Å²) in [6.45, 7) is 1.74. The van der Waals surface area contributed by atoms with E-state index in [1.54, 1.807) is 19.1 Å². The van der Waals surface area contributed by atoms with E-state index in [4.69, 9.17) is 0 Å². The van der Waals surface area contributed by atoms with Crippen LogP contribution in [0.1, 0.15) is 15.9 Å². The van der Waals surface area contributed by atoms with Gasteiger partial charge in [0, 0.05) is 0 Å². The molecule has 1 N–H and O–H groups in total. The normalized spacial score (nSPS) is 9.77. The van der Waals surface area contributed by atoms with Crippen LogP contribution >= 0.6 is 22.6 Å². The van der Waals surface area contributed by atoms with Crippen molar-refractivity contribution in [1.82, 2.24) is 0 Å². The van der Waals surface area contributed by atoms with E-state index in [-0.39, 0.29) is 11.7 Å². The lowest BCUT2D eigenvalue weighted by molar-refractivity contribution is 0.0600. The zero-order valence-electron chi connectivity index (χ0n) is 7.30. The molecule has 0 radical (unpaired) electrons. The summed E-state index contributed by atoms with van der Waals surface area (Å²) in [4.78, 5) is 11.1. The molecule has 0 fully saturated rings. The number of ether oxygens (including phenoxy) is 1. The summed E-state index contributed by atoms with van der Waals surface area (Å²) in [5.41, 5.74) is 1.13. The van der Waals surface area contributed by atoms with Crippen LogP contribution in [0.15, 0.2) is 12.1 Å². The Balaban J connectivity index is 3.20. The first kappa shape index (κ1) is 10.3. The van der Waals surface area contributed by atoms with Gasteiger partial charge in [0.25, 0.3) is 0 Å². The lowest BCUT2D eigenvalue weighted by Crippen LogP contribution is -2.02. The van der Waals surface area contributed by atoms with Crippen LogP contribution in [-0.4, -0.2) is 18.2 Å². The first-order valence-corrected chi connectivity index (χ1v) is 4.71. The van der Waals surface area contributed by atoms with E-state index in [2.05, 4.69) is 4.74 Å². The topological polar surface area (TPSA) is 46.5 Å². The number of hydrogen-bond acceptors (Lipinski definition) is 3. The van der Waals surface area contributed by atoms with Crippen LogP contribution < -0.4 is 0 Å². The van der Waals surface area contributed by atoms with Crippen molar-refractivity contribution in [1.29, 1.82) is 0 Å². The van der Waals surface area contributed by atoms with E-state index in [9.17, 15) is 9.90 Å². The molecule has 13 heavy (non-hydrogen) atoms. The third-order valence-electron chi connectivity index (χ3n) is 1.68. The molecule has 0 atom stereocenters. The minimum atomic E-state index is -0.388. The molecule has 0 unspecified atom stereocenters. The fourth-order valence-corrected chi connectivity index (χ4v) is 1.73. The van der Waals surface area contributed by atoms with Crippen molar-refractivity contribution in [2.24, 2.45) is 0 Å². The molecule has 4 heteroatoms. The van der Waals surface area contributed by atoms with E-state index in [1.165, 1.54) is 7.11 Å². The quantitative estimate of drug-likeness (QED) is 0.637. The van der Waals surface area contributed by atoms with Crippen LogP contribution in [0.2, 0.25) is 0 Å². The zero-order chi connectivity index (χ0) is 10.0. The summed E-state index contributed by atoms with van der Waals surface area (Å²) in [6.07, 6.45) is 0. The van der Waals surface area contributed by atoms with Gasteiger partial charge in [-0.1, -0.05) is 0 Å². The molecule has 0 aliphatic carbocycles. The first-order valence-electron chi connectivity index (χ1n) is 3.63. The van der Waals surface area contributed by atoms with Gasteiger partial charge in [0.05, 0.1) is 16.2 Å². The number of phenols is 1. The molecule has 3 nitrogen and oxygen atoms in total. The fourth-order valence-electron chi connectivity index (χ4n) is 0.972. The number of rotatable bonds is 1. The third-order valence-corrected chi connectivity index (χ3v) is 2.50. The number of carbonyl (C=O) groups is 1. The maximum absolute atomic E-state index is 11.1. The van der Waals surface area contributed by atoms with Gasteiger partial charge < -0.3 is 9.84 Å². The molecule has 1 aromatic rings. The molecular weight excluding hydrogens is 283 g/mol. The SMILES string of the molecule is COC(=O)c1cc(C)c(O)c(I)c1. The highest BCUT2D eigenvalue weighted by Crippen LogP contribution is 2.25. The second-order valence-corrected chi connectivity index (χ2v) is 3.78. The van der Waals surface area contributed by atoms with Crippen molar-refractivity contribution in [3.05, 3.63) is 26.8 Å². The maximum Gasteiger partial charge on any atom is 0.337 e. The van der Waals surface area contributed by atoms with Gasteiger partial charge in [-0.25, -0.2) is 4.79 Å². The smallest absolute Gasteiger partial charge is 0.337 e. The monoisotopic (exact) mass is 292 g/mol. The van der Waals surface area contributed by atoms with Crippen LogP contribution in [0.5, 0.6) is 5.75 Å². The molecule has 0 spiro atoms. The average Bonchev–Trinajstić information content (AvgIpc) is 2.12. The number of carbonyl (C=O) groups excluding carboxylic acids is 1. The second-order valence-electron chi connectivity index (χ2n) is 2.62. The van der Waals surface area contributed by atoms with Gasteiger partial charge in [-0.05, 0) is 47.2 Å². The predicted molar refractivity (Wildman–Crippen MR) is 56.9 cm³/mol. The van der Waals surface area contributed by atoms with Crippen molar-refractivity contribution in [3.63, 3.8) is 0 Å². The molecule has 1 rings (SSSR count). The summed E-state index contributed by atoms with van der Waals surface area (Å²) in [5.74, 6) is -0.172. The Hall–Kier alpha value is -0.780. The van der Waals surface area contributed by atoms with E-state index in [0.717, 1.165) is 0 Å². The molecule has 0 saturated heterocycles. The predicted octanol–water partition coefficient (Wildman–Crippen LogP) is 2.09. The Kier molecular flexibility index (Phi) is 3.13. The molecule has 0 aliphatic heterocycles. The first-order chi connectivity index (χ1) is 6.06. The maximum atomic E-state index is 11.1. The number of halogens is 1. The van der Waals surface area contributed by atoms with Gasteiger partial charge in [0.1, 0.15) is 5.75 Å². The molecule has 0 saturated carbocycles. The van der Waals surface area contributed by atoms with Crippen molar-refractivity contribution in [3.8, 4) is 5.75 Å². The molecule has 1 aromatic carbocycles. The van der Waals surface area contributed by atoms with Gasteiger partial charge in [0.15, 0.2) is 0 Å². The number of methoxy groups -OCH3 is 1. The minimum Gasteiger partial charge on any atom is -0.507 e. The van der Waals surface area contributed by atoms with Crippen LogP contribution in [-0.2, 0) is 4.74 Å². The van der Waals surface area contributed by atoms with Crippen molar-refractivity contribution in [2.75, 3.05) is 7.11 Å². The number of hydrogen-bond donors (Lipinski definition) is 1. The van der Waals surface area contributed by atoms with Crippen molar-refractivity contribution in [2.45, 2.75) is 6.92 Å². The Labute approximate surface area is 89.9 Å². The standard InChI is InChI=1S/C9H9IO3/c1-5-3-6(9(12)13-2)4-7(10)8(5)11/h3-4,11H,1-2H3. The molecular formula is C9H9IO3. The van der Waals surface area contributed by atoms with Gasteiger partial charge in [-0.2, -0.15) is 0 Å². The van der Waals surface area contributed by atoms with E-state index >= 15 is 0 Å². The highest BCUT2D eigenvalue weighted by atomic mass is 127. The summed E-state index contributed by atoms with van der Waals surface area (Å²) in [6, 6.07) is 3.19. The Morgan fingerprint density at radius 2 is 2.15 bits per heavy atom. The summed E-state index contributed by atoms with van der Waals surface area (Å²) in [7, 11) is 1.33. The van der Waals surface area contributed by atoms with Crippen molar-refractivity contribution >= 4 is 28.6 Å². The molecule has 0 bridgehead atoms. The molecule has 0 heterocycles. The number of aryl methyl sites for hydroxylation is 1. The van der Waals surface area contributed by atoms with Gasteiger partial charge in [-0.15, -0.1) is 0 Å². The Morgan fingerprint density at radius 1 is 1.54 bits per heavy atom.